The first-order valence-electron chi connectivity index (χ1n) is 7.33. The maximum atomic E-state index is 11.4. The lowest BCUT2D eigenvalue weighted by Gasteiger charge is -2.50. The zero-order valence-electron chi connectivity index (χ0n) is 14.0. The van der Waals surface area contributed by atoms with Gasteiger partial charge >= 0.3 is 0 Å². The molecule has 0 heterocycles. The fourth-order valence-corrected chi connectivity index (χ4v) is 6.06. The van der Waals surface area contributed by atoms with Crippen molar-refractivity contribution < 1.29 is 9.84 Å². The van der Waals surface area contributed by atoms with Gasteiger partial charge in [0.2, 0.25) is 0 Å². The van der Waals surface area contributed by atoms with E-state index >= 15 is 0 Å². The average molecular weight is 295 g/mol. The summed E-state index contributed by atoms with van der Waals surface area (Å²) in [6, 6.07) is 10.2. The molecule has 114 valence electrons. The first kappa shape index (κ1) is 17.4. The van der Waals surface area contributed by atoms with Crippen LogP contribution in [0, 0.1) is 5.41 Å². The van der Waals surface area contributed by atoms with E-state index in [2.05, 4.69) is 52.5 Å². The van der Waals surface area contributed by atoms with Crippen LogP contribution in [0.3, 0.4) is 0 Å². The molecule has 0 spiro atoms. The maximum Gasteiger partial charge on any atom is 0.0845 e. The van der Waals surface area contributed by atoms with Crippen molar-refractivity contribution >= 4 is 8.07 Å². The molecular formula is C17H30O2Si. The van der Waals surface area contributed by atoms with Crippen molar-refractivity contribution in [1.29, 1.82) is 0 Å². The lowest BCUT2D eigenvalue weighted by Crippen LogP contribution is -2.61. The van der Waals surface area contributed by atoms with Crippen molar-refractivity contribution in [2.24, 2.45) is 5.41 Å². The van der Waals surface area contributed by atoms with Crippen LogP contribution in [0.25, 0.3) is 0 Å². The van der Waals surface area contributed by atoms with Crippen LogP contribution in [0.15, 0.2) is 30.3 Å². The quantitative estimate of drug-likeness (QED) is 0.815. The van der Waals surface area contributed by atoms with Gasteiger partial charge in [-0.25, -0.2) is 0 Å². The van der Waals surface area contributed by atoms with Gasteiger partial charge in [-0.2, -0.15) is 0 Å². The summed E-state index contributed by atoms with van der Waals surface area (Å²) in [5.74, 6) is 0. The first-order valence-corrected chi connectivity index (χ1v) is 10.8. The van der Waals surface area contributed by atoms with Crippen molar-refractivity contribution in [3.63, 3.8) is 0 Å². The van der Waals surface area contributed by atoms with Gasteiger partial charge < -0.3 is 9.84 Å². The number of hydrogen-bond donors (Lipinski definition) is 1. The third-order valence-corrected chi connectivity index (χ3v) is 7.85. The first-order chi connectivity index (χ1) is 9.03. The third-order valence-electron chi connectivity index (χ3n) is 4.42. The van der Waals surface area contributed by atoms with Crippen LogP contribution >= 0.6 is 0 Å². The predicted molar refractivity (Wildman–Crippen MR) is 88.6 cm³/mol. The molecule has 0 aliphatic rings. The maximum absolute atomic E-state index is 11.4. The Morgan fingerprint density at radius 1 is 1.10 bits per heavy atom. The number of aliphatic hydroxyl groups is 1. The van der Waals surface area contributed by atoms with Gasteiger partial charge in [-0.3, -0.25) is 0 Å². The van der Waals surface area contributed by atoms with Crippen LogP contribution in [0.1, 0.15) is 38.9 Å². The minimum Gasteiger partial charge on any atom is -0.393 e. The Labute approximate surface area is 125 Å². The standard InChI is InChI=1S/C17H30O2Si/c1-16(2,3)17(18,20(5,6)7)13-15(19-4)14-11-9-8-10-12-14/h8-12,15,18H,13H2,1-7H3/t15-,17+/m0/s1. The van der Waals surface area contributed by atoms with Gasteiger partial charge in [0.25, 0.3) is 0 Å². The van der Waals surface area contributed by atoms with Crippen molar-refractivity contribution in [1.82, 2.24) is 0 Å². The highest BCUT2D eigenvalue weighted by atomic mass is 28.3. The van der Waals surface area contributed by atoms with E-state index in [1.54, 1.807) is 7.11 Å². The van der Waals surface area contributed by atoms with E-state index in [0.717, 1.165) is 5.56 Å². The number of rotatable bonds is 5. The van der Waals surface area contributed by atoms with Gasteiger partial charge in [-0.15, -0.1) is 0 Å². The van der Waals surface area contributed by atoms with Crippen LogP contribution in [0.2, 0.25) is 19.6 Å². The summed E-state index contributed by atoms with van der Waals surface area (Å²) >= 11 is 0. The fraction of sp³-hybridized carbons (Fsp3) is 0.647. The molecule has 0 fully saturated rings. The molecule has 1 aromatic rings. The summed E-state index contributed by atoms with van der Waals surface area (Å²) in [5, 5.41) is 10.7. The average Bonchev–Trinajstić information content (AvgIpc) is 2.34. The summed E-state index contributed by atoms with van der Waals surface area (Å²) in [6.45, 7) is 13.1. The molecule has 0 aliphatic carbocycles. The van der Waals surface area contributed by atoms with Crippen molar-refractivity contribution in [2.75, 3.05) is 7.11 Å². The normalized spacial score (nSPS) is 17.6. The monoisotopic (exact) mass is 294 g/mol. The van der Waals surface area contributed by atoms with E-state index < -0.39 is 13.3 Å². The number of benzene rings is 1. The second-order valence-corrected chi connectivity index (χ2v) is 13.0. The zero-order chi connectivity index (χ0) is 15.6. The molecule has 2 atom stereocenters. The van der Waals surface area contributed by atoms with E-state index in [-0.39, 0.29) is 11.5 Å². The molecule has 0 unspecified atom stereocenters. The Morgan fingerprint density at radius 3 is 1.95 bits per heavy atom. The number of ether oxygens (including phenoxy) is 1. The zero-order valence-corrected chi connectivity index (χ0v) is 15.0. The minimum atomic E-state index is -1.78. The number of hydrogen-bond acceptors (Lipinski definition) is 2. The summed E-state index contributed by atoms with van der Waals surface area (Å²) in [5.41, 5.74) is 0.971. The highest BCUT2D eigenvalue weighted by molar-refractivity contribution is 6.79. The topological polar surface area (TPSA) is 29.5 Å². The van der Waals surface area contributed by atoms with Crippen LogP contribution in [-0.4, -0.2) is 25.5 Å². The molecule has 1 rings (SSSR count). The molecule has 1 aromatic carbocycles. The fourth-order valence-electron chi connectivity index (χ4n) is 3.01. The Bertz CT molecular complexity index is 401. The molecule has 3 heteroatoms. The van der Waals surface area contributed by atoms with Gasteiger partial charge in [0.1, 0.15) is 0 Å². The van der Waals surface area contributed by atoms with Crippen LogP contribution in [-0.2, 0) is 4.74 Å². The molecule has 0 bridgehead atoms. The van der Waals surface area contributed by atoms with E-state index in [1.165, 1.54) is 0 Å². The van der Waals surface area contributed by atoms with Crippen LogP contribution in [0.5, 0.6) is 0 Å². The van der Waals surface area contributed by atoms with Gasteiger partial charge in [0.15, 0.2) is 0 Å². The Kier molecular flexibility index (Phi) is 5.22. The van der Waals surface area contributed by atoms with Crippen molar-refractivity contribution in [2.45, 2.75) is 58.2 Å². The molecule has 0 saturated heterocycles. The molecule has 0 amide bonds. The molecule has 20 heavy (non-hydrogen) atoms. The molecule has 0 aliphatic heterocycles. The Morgan fingerprint density at radius 2 is 1.60 bits per heavy atom. The Balaban J connectivity index is 3.13. The lowest BCUT2D eigenvalue weighted by atomic mass is 9.83. The Hall–Kier alpha value is -0.643. The second kappa shape index (κ2) is 6.00. The molecular weight excluding hydrogens is 264 g/mol. The summed E-state index contributed by atoms with van der Waals surface area (Å²) in [4.78, 5) is 0. The lowest BCUT2D eigenvalue weighted by molar-refractivity contribution is -0.0433. The molecule has 0 saturated carbocycles. The smallest absolute Gasteiger partial charge is 0.0845 e. The van der Waals surface area contributed by atoms with Gasteiger partial charge in [-0.1, -0.05) is 70.7 Å². The highest BCUT2D eigenvalue weighted by Gasteiger charge is 2.51. The predicted octanol–water partition coefficient (Wildman–Crippen LogP) is 4.42. The summed E-state index contributed by atoms with van der Waals surface area (Å²) in [7, 11) is -0.0555. The molecule has 2 nitrogen and oxygen atoms in total. The molecule has 0 radical (unpaired) electrons. The number of methoxy groups -OCH3 is 1. The van der Waals surface area contributed by atoms with Gasteiger partial charge in [-0.05, 0) is 11.0 Å². The van der Waals surface area contributed by atoms with Gasteiger partial charge in [0, 0.05) is 13.5 Å². The highest BCUT2D eigenvalue weighted by Crippen LogP contribution is 2.44. The van der Waals surface area contributed by atoms with Gasteiger partial charge in [0.05, 0.1) is 19.4 Å². The third kappa shape index (κ3) is 3.51. The largest absolute Gasteiger partial charge is 0.393 e. The van der Waals surface area contributed by atoms with E-state index in [4.69, 9.17) is 4.74 Å². The van der Waals surface area contributed by atoms with E-state index in [0.29, 0.717) is 6.42 Å². The van der Waals surface area contributed by atoms with E-state index in [1.807, 2.05) is 18.2 Å². The summed E-state index contributed by atoms with van der Waals surface area (Å²) < 4.78 is 5.68. The second-order valence-electron chi connectivity index (χ2n) is 7.70. The van der Waals surface area contributed by atoms with Crippen LogP contribution < -0.4 is 0 Å². The SMILES string of the molecule is CO[C@@H](C[C@](O)(C(C)(C)C)[Si](C)(C)C)c1ccccc1. The van der Waals surface area contributed by atoms with Crippen molar-refractivity contribution in [3.8, 4) is 0 Å². The minimum absolute atomic E-state index is 0.0628. The molecule has 1 N–H and O–H groups in total. The van der Waals surface area contributed by atoms with Crippen LogP contribution in [0.4, 0.5) is 0 Å². The molecule has 0 aromatic heterocycles. The summed E-state index contributed by atoms with van der Waals surface area (Å²) in [6.07, 6.45) is 0.583. The van der Waals surface area contributed by atoms with E-state index in [9.17, 15) is 5.11 Å². The van der Waals surface area contributed by atoms with Crippen molar-refractivity contribution in [3.05, 3.63) is 35.9 Å².